The molecule has 0 saturated carbocycles. The van der Waals surface area contributed by atoms with Crippen molar-refractivity contribution in [2.24, 2.45) is 0 Å². The first kappa shape index (κ1) is 26.4. The third-order valence-electron chi connectivity index (χ3n) is 6.19. The van der Waals surface area contributed by atoms with Crippen molar-refractivity contribution >= 4 is 7.26 Å². The van der Waals surface area contributed by atoms with Gasteiger partial charge in [0.1, 0.15) is 0 Å². The number of hydrogen-bond acceptors (Lipinski definition) is 0. The zero-order valence-electron chi connectivity index (χ0n) is 19.3. The zero-order valence-corrected chi connectivity index (χ0v) is 20.2. The predicted octanol–water partition coefficient (Wildman–Crippen LogP) is 9.72. The van der Waals surface area contributed by atoms with Gasteiger partial charge in [0.25, 0.3) is 0 Å². The van der Waals surface area contributed by atoms with Gasteiger partial charge >= 0.3 is 0 Å². The first-order chi connectivity index (χ1) is 12.7. The highest BCUT2D eigenvalue weighted by atomic mass is 31.2. The molecular weight excluding hydrogens is 331 g/mol. The van der Waals surface area contributed by atoms with Crippen LogP contribution in [-0.4, -0.2) is 24.6 Å². The molecule has 0 aromatic rings. The van der Waals surface area contributed by atoms with E-state index in [9.17, 15) is 0 Å². The third kappa shape index (κ3) is 15.5. The highest BCUT2D eigenvalue weighted by Crippen LogP contribution is 2.61. The normalized spacial score (nSPS) is 12.0. The molecule has 26 heavy (non-hydrogen) atoms. The Bertz CT molecular complexity index is 234. The third-order valence-corrected chi connectivity index (χ3v) is 11.3. The number of unbranched alkanes of at least 4 members (excludes halogenated alkanes) is 13. The Balaban J connectivity index is 4.38. The summed E-state index contributed by atoms with van der Waals surface area (Å²) in [5.74, 6) is 0. The fraction of sp³-hybridized carbons (Fsp3) is 1.00. The van der Waals surface area contributed by atoms with Crippen LogP contribution in [0.2, 0.25) is 0 Å². The van der Waals surface area contributed by atoms with E-state index in [1.807, 2.05) is 0 Å². The van der Waals surface area contributed by atoms with Gasteiger partial charge in [-0.2, -0.15) is 0 Å². The molecule has 0 aliphatic carbocycles. The zero-order chi connectivity index (χ0) is 19.3. The topological polar surface area (TPSA) is 0 Å². The Morgan fingerprint density at radius 3 is 0.885 bits per heavy atom. The summed E-state index contributed by atoms with van der Waals surface area (Å²) in [6.45, 7) is 9.42. The summed E-state index contributed by atoms with van der Waals surface area (Å²) in [5.41, 5.74) is 0. The van der Waals surface area contributed by atoms with Crippen molar-refractivity contribution in [2.75, 3.05) is 24.6 Å². The Labute approximate surface area is 169 Å². The van der Waals surface area contributed by atoms with Gasteiger partial charge in [0.05, 0.1) is 24.6 Å². The molecule has 0 spiro atoms. The average molecular weight is 386 g/mol. The van der Waals surface area contributed by atoms with Gasteiger partial charge in [0.2, 0.25) is 0 Å². The summed E-state index contributed by atoms with van der Waals surface area (Å²) in [7, 11) is -0.651. The maximum absolute atomic E-state index is 2.37. The van der Waals surface area contributed by atoms with Crippen LogP contribution in [0.3, 0.4) is 0 Å². The molecular formula is C25H54P+. The molecule has 1 heteroatoms. The maximum atomic E-state index is 2.37. The van der Waals surface area contributed by atoms with Crippen LogP contribution in [0.15, 0.2) is 0 Å². The van der Waals surface area contributed by atoms with Crippen molar-refractivity contribution in [3.63, 3.8) is 0 Å². The molecule has 0 atom stereocenters. The molecule has 0 saturated heterocycles. The predicted molar refractivity (Wildman–Crippen MR) is 128 cm³/mol. The lowest BCUT2D eigenvalue weighted by Crippen LogP contribution is -2.13. The van der Waals surface area contributed by atoms with Crippen LogP contribution in [0.1, 0.15) is 137 Å². The van der Waals surface area contributed by atoms with E-state index in [-0.39, 0.29) is 0 Å². The van der Waals surface area contributed by atoms with Gasteiger partial charge in [-0.15, -0.1) is 0 Å². The summed E-state index contributed by atoms with van der Waals surface area (Å²) in [6.07, 6.45) is 31.5. The highest BCUT2D eigenvalue weighted by Gasteiger charge is 2.34. The van der Waals surface area contributed by atoms with Crippen LogP contribution in [-0.2, 0) is 0 Å². The van der Waals surface area contributed by atoms with Crippen molar-refractivity contribution < 1.29 is 0 Å². The first-order valence-corrected chi connectivity index (χ1v) is 15.1. The minimum Gasteiger partial charge on any atom is -0.0654 e. The van der Waals surface area contributed by atoms with E-state index in [1.165, 1.54) is 103 Å². The molecule has 0 aromatic carbocycles. The van der Waals surface area contributed by atoms with Crippen LogP contribution in [0.5, 0.6) is 0 Å². The smallest absolute Gasteiger partial charge is 0.0594 e. The largest absolute Gasteiger partial charge is 0.0654 e. The van der Waals surface area contributed by atoms with Gasteiger partial charge in [-0.3, -0.25) is 0 Å². The van der Waals surface area contributed by atoms with Crippen molar-refractivity contribution in [2.45, 2.75) is 137 Å². The van der Waals surface area contributed by atoms with Crippen molar-refractivity contribution in [1.29, 1.82) is 0 Å². The van der Waals surface area contributed by atoms with E-state index in [0.717, 1.165) is 0 Å². The molecule has 0 nitrogen and oxygen atoms in total. The van der Waals surface area contributed by atoms with E-state index in [4.69, 9.17) is 0 Å². The molecule has 0 aromatic heterocycles. The summed E-state index contributed by atoms with van der Waals surface area (Å²) < 4.78 is 0. The van der Waals surface area contributed by atoms with Crippen molar-refractivity contribution in [1.82, 2.24) is 0 Å². The Kier molecular flexibility index (Phi) is 20.5. The van der Waals surface area contributed by atoms with Crippen LogP contribution < -0.4 is 0 Å². The van der Waals surface area contributed by atoms with E-state index < -0.39 is 7.26 Å². The van der Waals surface area contributed by atoms with Gasteiger partial charge in [-0.1, -0.05) is 105 Å². The number of rotatable bonds is 21. The molecule has 0 aliphatic heterocycles. The molecule has 0 amide bonds. The molecule has 0 rings (SSSR count). The second-order valence-electron chi connectivity index (χ2n) is 8.83. The first-order valence-electron chi connectivity index (χ1n) is 12.6. The van der Waals surface area contributed by atoms with Crippen LogP contribution in [0.4, 0.5) is 0 Å². The van der Waals surface area contributed by atoms with Crippen molar-refractivity contribution in [3.8, 4) is 0 Å². The molecule has 0 N–H and O–H groups in total. The molecule has 0 radical (unpaired) electrons. The minimum absolute atomic E-state index is 0.651. The second-order valence-corrected chi connectivity index (χ2v) is 13.3. The summed E-state index contributed by atoms with van der Waals surface area (Å²) in [6, 6.07) is 0. The van der Waals surface area contributed by atoms with Crippen LogP contribution >= 0.6 is 7.26 Å². The van der Waals surface area contributed by atoms with Crippen LogP contribution in [0, 0.1) is 0 Å². The van der Waals surface area contributed by atoms with E-state index >= 15 is 0 Å². The SMILES string of the molecule is CCCCCCCCCC[P+](CCCCC)(CCCCC)CCCCC. The molecule has 0 aliphatic rings. The summed E-state index contributed by atoms with van der Waals surface area (Å²) >= 11 is 0. The quantitative estimate of drug-likeness (QED) is 0.136. The highest BCUT2D eigenvalue weighted by molar-refractivity contribution is 7.75. The minimum atomic E-state index is -0.651. The van der Waals surface area contributed by atoms with Gasteiger partial charge < -0.3 is 0 Å². The lowest BCUT2D eigenvalue weighted by Gasteiger charge is -2.28. The molecule has 0 unspecified atom stereocenters. The maximum Gasteiger partial charge on any atom is 0.0594 e. The fourth-order valence-electron chi connectivity index (χ4n) is 4.34. The lowest BCUT2D eigenvalue weighted by molar-refractivity contribution is 0.585. The van der Waals surface area contributed by atoms with Gasteiger partial charge in [0, 0.05) is 7.26 Å². The molecule has 0 fully saturated rings. The summed E-state index contributed by atoms with van der Waals surface area (Å²) in [4.78, 5) is 0. The van der Waals surface area contributed by atoms with Gasteiger partial charge in [-0.25, -0.2) is 0 Å². The van der Waals surface area contributed by atoms with Gasteiger partial charge in [0.15, 0.2) is 0 Å². The Hall–Kier alpha value is 0.430. The monoisotopic (exact) mass is 385 g/mol. The van der Waals surface area contributed by atoms with E-state index in [0.29, 0.717) is 0 Å². The molecule has 0 heterocycles. The number of hydrogen-bond donors (Lipinski definition) is 0. The van der Waals surface area contributed by atoms with E-state index in [2.05, 4.69) is 27.7 Å². The Morgan fingerprint density at radius 2 is 0.538 bits per heavy atom. The standard InChI is InChI=1S/C25H54P/c1-5-9-13-14-15-16-17-21-25-26(22-18-10-6-2,23-19-11-7-3)24-20-12-8-4/h5-25H2,1-4H3/q+1. The lowest BCUT2D eigenvalue weighted by atomic mass is 10.1. The van der Waals surface area contributed by atoms with Gasteiger partial charge in [-0.05, 0) is 32.1 Å². The van der Waals surface area contributed by atoms with Crippen molar-refractivity contribution in [3.05, 3.63) is 0 Å². The average Bonchev–Trinajstić information content (AvgIpc) is 2.64. The molecule has 0 bridgehead atoms. The summed E-state index contributed by atoms with van der Waals surface area (Å²) in [5, 5.41) is 0. The van der Waals surface area contributed by atoms with E-state index in [1.54, 1.807) is 31.1 Å². The Morgan fingerprint density at radius 1 is 0.308 bits per heavy atom. The fourth-order valence-corrected chi connectivity index (χ4v) is 9.26. The second kappa shape index (κ2) is 20.2. The molecule has 158 valence electrons. The van der Waals surface area contributed by atoms with Crippen LogP contribution in [0.25, 0.3) is 0 Å².